The van der Waals surface area contributed by atoms with Gasteiger partial charge in [0.1, 0.15) is 17.9 Å². The van der Waals surface area contributed by atoms with Crippen molar-refractivity contribution in [2.24, 2.45) is 5.92 Å². The van der Waals surface area contributed by atoms with E-state index in [1.54, 1.807) is 34.8 Å². The van der Waals surface area contributed by atoms with Crippen LogP contribution in [0.25, 0.3) is 0 Å². The minimum Gasteiger partial charge on any atom is -0.464 e. The van der Waals surface area contributed by atoms with E-state index in [2.05, 4.69) is 0 Å². The third-order valence-electron chi connectivity index (χ3n) is 4.28. The van der Waals surface area contributed by atoms with Crippen LogP contribution in [0.3, 0.4) is 0 Å². The van der Waals surface area contributed by atoms with Gasteiger partial charge in [-0.25, -0.2) is 9.59 Å². The molecule has 2 unspecified atom stereocenters. The Hall–Kier alpha value is -2.08. The van der Waals surface area contributed by atoms with Gasteiger partial charge in [-0.05, 0) is 46.1 Å². The van der Waals surface area contributed by atoms with E-state index in [9.17, 15) is 9.59 Å². The molecule has 1 aromatic rings. The van der Waals surface area contributed by atoms with E-state index in [4.69, 9.17) is 14.2 Å². The van der Waals surface area contributed by atoms with Crippen molar-refractivity contribution in [1.29, 1.82) is 0 Å². The Morgan fingerprint density at radius 3 is 2.38 bits per heavy atom. The highest BCUT2D eigenvalue weighted by molar-refractivity contribution is 5.82. The highest BCUT2D eigenvalue weighted by Gasteiger charge is 2.49. The molecule has 1 aliphatic rings. The summed E-state index contributed by atoms with van der Waals surface area (Å²) in [5.41, 5.74) is 0.472. The molecule has 1 fully saturated rings. The number of nitrogens with zero attached hydrogens (tertiary/aromatic N) is 1. The fourth-order valence-corrected chi connectivity index (χ4v) is 3.32. The third kappa shape index (κ3) is 4.97. The van der Waals surface area contributed by atoms with Gasteiger partial charge in [-0.3, -0.25) is 4.90 Å². The molecule has 1 saturated heterocycles. The minimum absolute atomic E-state index is 0.0238. The van der Waals surface area contributed by atoms with Crippen LogP contribution in [0, 0.1) is 5.92 Å². The molecule has 6 nitrogen and oxygen atoms in total. The standard InChI is InChI=1S/C20H29NO5/c1-6-25-18(22)16-13-15(12-14-10-8-7-9-11-14)17(24-5)21(16)19(23)26-20(2,3)4/h7-11,15-17H,6,12-13H2,1-5H3/t15?,16-,17?/m0/s1. The van der Waals surface area contributed by atoms with Gasteiger partial charge in [-0.15, -0.1) is 0 Å². The molecule has 0 aliphatic carbocycles. The largest absolute Gasteiger partial charge is 0.464 e. The number of amides is 1. The number of benzene rings is 1. The molecule has 1 amide bonds. The fraction of sp³-hybridized carbons (Fsp3) is 0.600. The number of hydrogen-bond donors (Lipinski definition) is 0. The van der Waals surface area contributed by atoms with Crippen LogP contribution in [-0.2, 0) is 25.4 Å². The molecule has 0 N–H and O–H groups in total. The van der Waals surface area contributed by atoms with Crippen molar-refractivity contribution in [3.63, 3.8) is 0 Å². The van der Waals surface area contributed by atoms with Gasteiger partial charge >= 0.3 is 12.1 Å². The first-order valence-corrected chi connectivity index (χ1v) is 9.01. The van der Waals surface area contributed by atoms with Crippen LogP contribution in [0.15, 0.2) is 30.3 Å². The summed E-state index contributed by atoms with van der Waals surface area (Å²) in [4.78, 5) is 26.6. The van der Waals surface area contributed by atoms with Crippen molar-refractivity contribution in [3.8, 4) is 0 Å². The van der Waals surface area contributed by atoms with Gasteiger partial charge in [0.25, 0.3) is 0 Å². The molecular weight excluding hydrogens is 334 g/mol. The van der Waals surface area contributed by atoms with Crippen LogP contribution >= 0.6 is 0 Å². The van der Waals surface area contributed by atoms with Crippen LogP contribution in [0.1, 0.15) is 39.7 Å². The SMILES string of the molecule is CCOC(=O)[C@@H]1CC(Cc2ccccc2)C(OC)N1C(=O)OC(C)(C)C. The van der Waals surface area contributed by atoms with Gasteiger partial charge in [0.15, 0.2) is 0 Å². The lowest BCUT2D eigenvalue weighted by Gasteiger charge is -2.31. The van der Waals surface area contributed by atoms with Gasteiger partial charge < -0.3 is 14.2 Å². The Morgan fingerprint density at radius 2 is 1.85 bits per heavy atom. The average molecular weight is 363 g/mol. The van der Waals surface area contributed by atoms with Crippen molar-refractivity contribution >= 4 is 12.1 Å². The Kier molecular flexibility index (Phi) is 6.64. The smallest absolute Gasteiger partial charge is 0.413 e. The molecule has 26 heavy (non-hydrogen) atoms. The van der Waals surface area contributed by atoms with Gasteiger partial charge in [0.05, 0.1) is 6.61 Å². The van der Waals surface area contributed by atoms with Crippen molar-refractivity contribution in [1.82, 2.24) is 4.90 Å². The molecule has 3 atom stereocenters. The summed E-state index contributed by atoms with van der Waals surface area (Å²) in [5.74, 6) is -0.444. The monoisotopic (exact) mass is 363 g/mol. The maximum absolute atomic E-state index is 12.8. The molecule has 144 valence electrons. The Morgan fingerprint density at radius 1 is 1.19 bits per heavy atom. The summed E-state index contributed by atoms with van der Waals surface area (Å²) in [5, 5.41) is 0. The van der Waals surface area contributed by atoms with Crippen molar-refractivity contribution in [3.05, 3.63) is 35.9 Å². The zero-order valence-electron chi connectivity index (χ0n) is 16.2. The lowest BCUT2D eigenvalue weighted by molar-refractivity contribution is -0.151. The Bertz CT molecular complexity index is 610. The molecule has 0 radical (unpaired) electrons. The lowest BCUT2D eigenvalue weighted by atomic mass is 9.95. The number of carbonyl (C=O) groups excluding carboxylic acids is 2. The first-order valence-electron chi connectivity index (χ1n) is 9.01. The van der Waals surface area contributed by atoms with Crippen molar-refractivity contribution in [2.45, 2.75) is 58.4 Å². The summed E-state index contributed by atoms with van der Waals surface area (Å²) in [6, 6.07) is 9.26. The Balaban J connectivity index is 2.26. The molecule has 0 bridgehead atoms. The highest BCUT2D eigenvalue weighted by Crippen LogP contribution is 2.35. The normalized spacial score (nSPS) is 23.0. The van der Waals surface area contributed by atoms with Crippen LogP contribution < -0.4 is 0 Å². The summed E-state index contributed by atoms with van der Waals surface area (Å²) < 4.78 is 16.3. The molecule has 1 heterocycles. The zero-order chi connectivity index (χ0) is 19.3. The Labute approximate surface area is 155 Å². The highest BCUT2D eigenvalue weighted by atomic mass is 16.6. The summed E-state index contributed by atoms with van der Waals surface area (Å²) in [6.07, 6.45) is 0.0810. The molecule has 6 heteroatoms. The van der Waals surface area contributed by atoms with E-state index >= 15 is 0 Å². The topological polar surface area (TPSA) is 65.1 Å². The van der Waals surface area contributed by atoms with Gasteiger partial charge in [0, 0.05) is 13.0 Å². The summed E-state index contributed by atoms with van der Waals surface area (Å²) in [7, 11) is 1.55. The van der Waals surface area contributed by atoms with Crippen molar-refractivity contribution < 1.29 is 23.8 Å². The molecule has 1 aliphatic heterocycles. The van der Waals surface area contributed by atoms with E-state index in [0.717, 1.165) is 5.56 Å². The first-order chi connectivity index (χ1) is 12.3. The predicted octanol–water partition coefficient (Wildman–Crippen LogP) is 3.39. The maximum Gasteiger partial charge on any atom is 0.413 e. The number of ether oxygens (including phenoxy) is 3. The second kappa shape index (κ2) is 8.54. The maximum atomic E-state index is 12.8. The number of hydrogen-bond acceptors (Lipinski definition) is 5. The number of methoxy groups -OCH3 is 1. The van der Waals surface area contributed by atoms with Crippen LogP contribution in [0.2, 0.25) is 0 Å². The molecule has 0 aromatic heterocycles. The number of likely N-dealkylation sites (tertiary alicyclic amines) is 1. The quantitative estimate of drug-likeness (QED) is 0.750. The third-order valence-corrected chi connectivity index (χ3v) is 4.28. The van der Waals surface area contributed by atoms with Gasteiger partial charge in [-0.1, -0.05) is 30.3 Å². The van der Waals surface area contributed by atoms with E-state index in [-0.39, 0.29) is 12.5 Å². The second-order valence-corrected chi connectivity index (χ2v) is 7.47. The van der Waals surface area contributed by atoms with E-state index < -0.39 is 29.9 Å². The first kappa shape index (κ1) is 20.2. The van der Waals surface area contributed by atoms with E-state index in [0.29, 0.717) is 12.8 Å². The molecule has 2 rings (SSSR count). The average Bonchev–Trinajstić information content (AvgIpc) is 2.93. The van der Waals surface area contributed by atoms with Crippen molar-refractivity contribution in [2.75, 3.05) is 13.7 Å². The molecule has 0 spiro atoms. The van der Waals surface area contributed by atoms with E-state index in [1.807, 2.05) is 30.3 Å². The van der Waals surface area contributed by atoms with Crippen LogP contribution in [0.4, 0.5) is 4.79 Å². The number of rotatable bonds is 5. The summed E-state index contributed by atoms with van der Waals surface area (Å²) >= 11 is 0. The lowest BCUT2D eigenvalue weighted by Crippen LogP contribution is -2.49. The molecular formula is C20H29NO5. The molecule has 0 saturated carbocycles. The second-order valence-electron chi connectivity index (χ2n) is 7.47. The van der Waals surface area contributed by atoms with Gasteiger partial charge in [-0.2, -0.15) is 0 Å². The van der Waals surface area contributed by atoms with Gasteiger partial charge in [0.2, 0.25) is 0 Å². The minimum atomic E-state index is -0.705. The summed E-state index contributed by atoms with van der Waals surface area (Å²) in [6.45, 7) is 7.40. The van der Waals surface area contributed by atoms with Crippen LogP contribution in [0.5, 0.6) is 0 Å². The van der Waals surface area contributed by atoms with E-state index in [1.165, 1.54) is 4.90 Å². The molecule has 1 aromatic carbocycles. The fourth-order valence-electron chi connectivity index (χ4n) is 3.32. The zero-order valence-corrected chi connectivity index (χ0v) is 16.2. The van der Waals surface area contributed by atoms with Crippen LogP contribution in [-0.4, -0.2) is 48.5 Å². The number of esters is 1. The number of carbonyl (C=O) groups is 2. The predicted molar refractivity (Wildman–Crippen MR) is 97.5 cm³/mol.